The molecule has 0 atom stereocenters. The van der Waals surface area contributed by atoms with Crippen molar-refractivity contribution in [3.05, 3.63) is 65.7 Å². The Labute approximate surface area is 123 Å². The molecule has 0 heterocycles. The molecule has 0 unspecified atom stereocenters. The van der Waals surface area contributed by atoms with Crippen molar-refractivity contribution in [2.75, 3.05) is 6.54 Å². The number of amides is 1. The van der Waals surface area contributed by atoms with E-state index in [4.69, 9.17) is 4.74 Å². The number of hydrogen-bond acceptors (Lipinski definition) is 3. The van der Waals surface area contributed by atoms with Crippen molar-refractivity contribution in [3.63, 3.8) is 0 Å². The molecule has 0 aliphatic heterocycles. The topological polar surface area (TPSA) is 58.6 Å². The van der Waals surface area contributed by atoms with Crippen molar-refractivity contribution in [3.8, 4) is 17.6 Å². The lowest BCUT2D eigenvalue weighted by Crippen LogP contribution is -2.24. The molecule has 0 saturated carbocycles. The zero-order valence-electron chi connectivity index (χ0n) is 11.4. The molecule has 2 N–H and O–H groups in total. The molecule has 1 amide bonds. The summed E-state index contributed by atoms with van der Waals surface area (Å²) in [7, 11) is 0. The maximum absolute atomic E-state index is 11.4. The van der Waals surface area contributed by atoms with Crippen molar-refractivity contribution in [2.45, 2.75) is 6.61 Å². The first-order valence-electron chi connectivity index (χ1n) is 6.46. The van der Waals surface area contributed by atoms with E-state index in [-0.39, 0.29) is 18.9 Å². The monoisotopic (exact) mass is 281 g/mol. The smallest absolute Gasteiger partial charge is 0.408 e. The average molecular weight is 281 g/mol. The van der Waals surface area contributed by atoms with E-state index in [0.717, 1.165) is 5.56 Å². The molecule has 0 saturated heterocycles. The number of benzene rings is 2. The summed E-state index contributed by atoms with van der Waals surface area (Å²) in [5, 5.41) is 11.8. The van der Waals surface area contributed by atoms with E-state index < -0.39 is 6.09 Å². The van der Waals surface area contributed by atoms with Gasteiger partial charge in [0.05, 0.1) is 6.54 Å². The molecule has 0 radical (unpaired) electrons. The van der Waals surface area contributed by atoms with Gasteiger partial charge in [-0.1, -0.05) is 48.2 Å². The van der Waals surface area contributed by atoms with Gasteiger partial charge in [-0.25, -0.2) is 4.79 Å². The number of alkyl carbamates (subject to hydrolysis) is 1. The maximum Gasteiger partial charge on any atom is 0.408 e. The molecule has 0 bridgehead atoms. The van der Waals surface area contributed by atoms with Gasteiger partial charge in [-0.05, 0) is 23.8 Å². The highest BCUT2D eigenvalue weighted by atomic mass is 16.5. The second-order valence-electron chi connectivity index (χ2n) is 4.27. The summed E-state index contributed by atoms with van der Waals surface area (Å²) in [6.45, 7) is 0.413. The van der Waals surface area contributed by atoms with Crippen molar-refractivity contribution < 1.29 is 14.6 Å². The Hall–Kier alpha value is -2.93. The fourth-order valence-corrected chi connectivity index (χ4v) is 1.62. The fourth-order valence-electron chi connectivity index (χ4n) is 1.62. The number of phenolic OH excluding ortho intramolecular Hbond substituents is 1. The summed E-state index contributed by atoms with van der Waals surface area (Å²) in [4.78, 5) is 11.4. The molecular weight excluding hydrogens is 266 g/mol. The summed E-state index contributed by atoms with van der Waals surface area (Å²) < 4.78 is 5.04. The summed E-state index contributed by atoms with van der Waals surface area (Å²) in [5.41, 5.74) is 1.62. The van der Waals surface area contributed by atoms with Gasteiger partial charge >= 0.3 is 6.09 Å². The van der Waals surface area contributed by atoms with Crippen molar-refractivity contribution in [1.82, 2.24) is 5.32 Å². The first-order chi connectivity index (χ1) is 10.2. The number of nitrogens with one attached hydrogen (secondary N) is 1. The van der Waals surface area contributed by atoms with Gasteiger partial charge < -0.3 is 15.2 Å². The Morgan fingerprint density at radius 3 is 2.71 bits per heavy atom. The SMILES string of the molecule is O=C(NCC#Cc1cccc(O)c1)OCc1ccccc1. The van der Waals surface area contributed by atoms with Crippen LogP contribution >= 0.6 is 0 Å². The predicted molar refractivity (Wildman–Crippen MR) is 79.6 cm³/mol. The number of hydrogen-bond donors (Lipinski definition) is 2. The Morgan fingerprint density at radius 1 is 1.14 bits per heavy atom. The highest BCUT2D eigenvalue weighted by Crippen LogP contribution is 2.09. The molecule has 2 aromatic rings. The van der Waals surface area contributed by atoms with E-state index in [1.54, 1.807) is 24.3 Å². The van der Waals surface area contributed by atoms with Gasteiger partial charge in [-0.15, -0.1) is 0 Å². The van der Waals surface area contributed by atoms with Crippen LogP contribution in [0.5, 0.6) is 5.75 Å². The van der Waals surface area contributed by atoms with Crippen LogP contribution in [-0.4, -0.2) is 17.7 Å². The Bertz CT molecular complexity index is 656. The minimum Gasteiger partial charge on any atom is -0.508 e. The van der Waals surface area contributed by atoms with E-state index in [0.29, 0.717) is 5.56 Å². The Balaban J connectivity index is 1.72. The molecular formula is C17H15NO3. The zero-order valence-corrected chi connectivity index (χ0v) is 11.4. The number of rotatable bonds is 3. The van der Waals surface area contributed by atoms with Gasteiger partial charge in [0.2, 0.25) is 0 Å². The third-order valence-electron chi connectivity index (χ3n) is 2.61. The number of phenols is 1. The molecule has 4 heteroatoms. The second-order valence-corrected chi connectivity index (χ2v) is 4.27. The largest absolute Gasteiger partial charge is 0.508 e. The van der Waals surface area contributed by atoms with Crippen LogP contribution in [0, 0.1) is 11.8 Å². The van der Waals surface area contributed by atoms with Gasteiger partial charge in [0.15, 0.2) is 0 Å². The number of carbonyl (C=O) groups is 1. The summed E-state index contributed by atoms with van der Waals surface area (Å²) in [6, 6.07) is 16.1. The predicted octanol–water partition coefficient (Wildman–Crippen LogP) is 2.67. The van der Waals surface area contributed by atoms with Crippen LogP contribution < -0.4 is 5.32 Å². The van der Waals surface area contributed by atoms with Gasteiger partial charge in [0.1, 0.15) is 12.4 Å². The Kier molecular flexibility index (Phi) is 5.25. The third-order valence-corrected chi connectivity index (χ3v) is 2.61. The van der Waals surface area contributed by atoms with Crippen LogP contribution in [0.15, 0.2) is 54.6 Å². The van der Waals surface area contributed by atoms with E-state index in [1.807, 2.05) is 30.3 Å². The highest BCUT2D eigenvalue weighted by molar-refractivity contribution is 5.67. The first kappa shape index (κ1) is 14.5. The lowest BCUT2D eigenvalue weighted by atomic mass is 10.2. The molecule has 0 aliphatic rings. The minimum atomic E-state index is -0.510. The second kappa shape index (κ2) is 7.61. The van der Waals surface area contributed by atoms with Crippen molar-refractivity contribution in [1.29, 1.82) is 0 Å². The van der Waals surface area contributed by atoms with Crippen LogP contribution in [0.2, 0.25) is 0 Å². The quantitative estimate of drug-likeness (QED) is 0.850. The van der Waals surface area contributed by atoms with Crippen LogP contribution in [0.3, 0.4) is 0 Å². The number of carbonyl (C=O) groups excluding carboxylic acids is 1. The highest BCUT2D eigenvalue weighted by Gasteiger charge is 2.00. The summed E-state index contributed by atoms with van der Waals surface area (Å²) >= 11 is 0. The van der Waals surface area contributed by atoms with Crippen molar-refractivity contribution in [2.24, 2.45) is 0 Å². The molecule has 2 aromatic carbocycles. The maximum atomic E-state index is 11.4. The first-order valence-corrected chi connectivity index (χ1v) is 6.46. The number of ether oxygens (including phenoxy) is 1. The number of aromatic hydroxyl groups is 1. The van der Waals surface area contributed by atoms with Crippen LogP contribution in [0.1, 0.15) is 11.1 Å². The molecule has 0 spiro atoms. The molecule has 4 nitrogen and oxygen atoms in total. The van der Waals surface area contributed by atoms with Gasteiger partial charge in [-0.3, -0.25) is 0 Å². The molecule has 21 heavy (non-hydrogen) atoms. The summed E-state index contributed by atoms with van der Waals surface area (Å²) in [6.07, 6.45) is -0.510. The normalized spacial score (nSPS) is 9.33. The van der Waals surface area contributed by atoms with Crippen LogP contribution in [-0.2, 0) is 11.3 Å². The molecule has 0 aliphatic carbocycles. The van der Waals surface area contributed by atoms with E-state index in [2.05, 4.69) is 17.2 Å². The standard InChI is InChI=1S/C17H15NO3/c19-16-10-4-8-14(12-16)9-5-11-18-17(20)21-13-15-6-2-1-3-7-15/h1-4,6-8,10,12,19H,11,13H2,(H,18,20). The lowest BCUT2D eigenvalue weighted by Gasteiger charge is -2.04. The zero-order chi connectivity index (χ0) is 14.9. The minimum absolute atomic E-state index is 0.164. The van der Waals surface area contributed by atoms with Gasteiger partial charge in [0.25, 0.3) is 0 Å². The average Bonchev–Trinajstić information content (AvgIpc) is 2.51. The molecule has 0 aromatic heterocycles. The van der Waals surface area contributed by atoms with Crippen LogP contribution in [0.4, 0.5) is 4.79 Å². The van der Waals surface area contributed by atoms with Gasteiger partial charge in [0, 0.05) is 5.56 Å². The van der Waals surface area contributed by atoms with Crippen LogP contribution in [0.25, 0.3) is 0 Å². The third kappa shape index (κ3) is 5.29. The van der Waals surface area contributed by atoms with Crippen molar-refractivity contribution >= 4 is 6.09 Å². The Morgan fingerprint density at radius 2 is 1.95 bits per heavy atom. The molecule has 106 valence electrons. The van der Waals surface area contributed by atoms with E-state index >= 15 is 0 Å². The van der Waals surface area contributed by atoms with E-state index in [1.165, 1.54) is 0 Å². The lowest BCUT2D eigenvalue weighted by molar-refractivity contribution is 0.141. The molecule has 0 fully saturated rings. The molecule has 2 rings (SSSR count). The fraction of sp³-hybridized carbons (Fsp3) is 0.118. The van der Waals surface area contributed by atoms with E-state index in [9.17, 15) is 9.90 Å². The van der Waals surface area contributed by atoms with Gasteiger partial charge in [-0.2, -0.15) is 0 Å². The summed E-state index contributed by atoms with van der Waals surface area (Å²) in [5.74, 6) is 5.78.